The van der Waals surface area contributed by atoms with Crippen LogP contribution in [0, 0.1) is 0 Å². The second kappa shape index (κ2) is 3.96. The van der Waals surface area contributed by atoms with Gasteiger partial charge in [-0.1, -0.05) is 20.8 Å². The van der Waals surface area contributed by atoms with E-state index in [-0.39, 0.29) is 16.7 Å². The van der Waals surface area contributed by atoms with Crippen LogP contribution in [-0.4, -0.2) is 16.1 Å². The Morgan fingerprint density at radius 3 is 2.47 bits per heavy atom. The van der Waals surface area contributed by atoms with Crippen LogP contribution in [-0.2, 0) is 12.1 Å². The van der Waals surface area contributed by atoms with E-state index in [0.717, 1.165) is 0 Å². The number of nitrogens with zero attached hydrogens (tertiary/aromatic N) is 1. The SMILES string of the molecule is CC(C)(C)c1ccc(C(=O)O)c(CF)n1. The molecule has 4 heteroatoms. The standard InChI is InChI=1S/C11H14FNO2/c1-11(2,3)9-5-4-7(10(14)15)8(6-12)13-9/h4-5H,6H2,1-3H3,(H,14,15). The molecule has 3 nitrogen and oxygen atoms in total. The summed E-state index contributed by atoms with van der Waals surface area (Å²) in [5.74, 6) is -1.14. The molecule has 0 aromatic carbocycles. The Labute approximate surface area is 88.0 Å². The minimum atomic E-state index is -1.14. The molecule has 0 aliphatic heterocycles. The Morgan fingerprint density at radius 1 is 1.47 bits per heavy atom. The van der Waals surface area contributed by atoms with Gasteiger partial charge in [0.15, 0.2) is 0 Å². The molecule has 0 aliphatic rings. The van der Waals surface area contributed by atoms with Crippen LogP contribution in [0.3, 0.4) is 0 Å². The van der Waals surface area contributed by atoms with Gasteiger partial charge in [0, 0.05) is 11.1 Å². The highest BCUT2D eigenvalue weighted by Crippen LogP contribution is 2.21. The summed E-state index contributed by atoms with van der Waals surface area (Å²) in [6.07, 6.45) is 0. The summed E-state index contributed by atoms with van der Waals surface area (Å²) in [6, 6.07) is 3.04. The largest absolute Gasteiger partial charge is 0.478 e. The van der Waals surface area contributed by atoms with Gasteiger partial charge in [-0.15, -0.1) is 0 Å². The molecule has 0 atom stereocenters. The molecule has 1 aromatic heterocycles. The third kappa shape index (κ3) is 2.52. The molecule has 0 bridgehead atoms. The Bertz CT molecular complexity index is 383. The van der Waals surface area contributed by atoms with E-state index in [4.69, 9.17) is 5.11 Å². The van der Waals surface area contributed by atoms with Crippen LogP contribution in [0.2, 0.25) is 0 Å². The van der Waals surface area contributed by atoms with E-state index in [9.17, 15) is 9.18 Å². The van der Waals surface area contributed by atoms with Gasteiger partial charge in [0.2, 0.25) is 0 Å². The molecular weight excluding hydrogens is 197 g/mol. The molecule has 1 heterocycles. The highest BCUT2D eigenvalue weighted by atomic mass is 19.1. The van der Waals surface area contributed by atoms with Crippen LogP contribution >= 0.6 is 0 Å². The number of aromatic carboxylic acids is 1. The first kappa shape index (κ1) is 11.6. The van der Waals surface area contributed by atoms with Gasteiger partial charge in [-0.25, -0.2) is 9.18 Å². The van der Waals surface area contributed by atoms with Gasteiger partial charge < -0.3 is 5.11 Å². The van der Waals surface area contributed by atoms with Crippen LogP contribution in [0.25, 0.3) is 0 Å². The third-order valence-electron chi connectivity index (χ3n) is 2.10. The summed E-state index contributed by atoms with van der Waals surface area (Å²) in [5.41, 5.74) is 0.418. The number of carboxylic acids is 1. The van der Waals surface area contributed by atoms with Crippen LogP contribution < -0.4 is 0 Å². The maximum absolute atomic E-state index is 12.6. The molecule has 1 aromatic rings. The zero-order valence-electron chi connectivity index (χ0n) is 9.04. The normalized spacial score (nSPS) is 11.5. The summed E-state index contributed by atoms with van der Waals surface area (Å²) in [7, 11) is 0. The molecule has 1 rings (SSSR count). The van der Waals surface area contributed by atoms with Crippen LogP contribution in [0.15, 0.2) is 12.1 Å². The van der Waals surface area contributed by atoms with Gasteiger partial charge in [0.05, 0.1) is 11.3 Å². The van der Waals surface area contributed by atoms with E-state index in [1.54, 1.807) is 6.07 Å². The first-order valence-electron chi connectivity index (χ1n) is 4.66. The summed E-state index contributed by atoms with van der Waals surface area (Å²) >= 11 is 0. The molecule has 1 N–H and O–H groups in total. The maximum atomic E-state index is 12.6. The van der Waals surface area contributed by atoms with Crippen molar-refractivity contribution in [2.75, 3.05) is 0 Å². The number of alkyl halides is 1. The van der Waals surface area contributed by atoms with E-state index in [1.165, 1.54) is 6.07 Å². The molecule has 0 saturated heterocycles. The number of carbonyl (C=O) groups is 1. The van der Waals surface area contributed by atoms with Crippen molar-refractivity contribution in [3.63, 3.8) is 0 Å². The highest BCUT2D eigenvalue weighted by molar-refractivity contribution is 5.88. The highest BCUT2D eigenvalue weighted by Gasteiger charge is 2.19. The molecule has 0 unspecified atom stereocenters. The van der Waals surface area contributed by atoms with Crippen LogP contribution in [0.4, 0.5) is 4.39 Å². The lowest BCUT2D eigenvalue weighted by Crippen LogP contribution is -2.16. The van der Waals surface area contributed by atoms with Crippen molar-refractivity contribution >= 4 is 5.97 Å². The number of rotatable bonds is 2. The van der Waals surface area contributed by atoms with Crippen molar-refractivity contribution in [2.24, 2.45) is 0 Å². The summed E-state index contributed by atoms with van der Waals surface area (Å²) in [6.45, 7) is 4.97. The molecule has 82 valence electrons. The van der Waals surface area contributed by atoms with Gasteiger partial charge in [-0.3, -0.25) is 4.98 Å². The lowest BCUT2D eigenvalue weighted by molar-refractivity contribution is 0.0694. The van der Waals surface area contributed by atoms with Crippen molar-refractivity contribution in [3.05, 3.63) is 29.1 Å². The smallest absolute Gasteiger partial charge is 0.337 e. The Morgan fingerprint density at radius 2 is 2.07 bits per heavy atom. The average Bonchev–Trinajstić information content (AvgIpc) is 2.15. The number of halogens is 1. The minimum Gasteiger partial charge on any atom is -0.478 e. The quantitative estimate of drug-likeness (QED) is 0.817. The molecule has 0 aliphatic carbocycles. The number of hydrogen-bond donors (Lipinski definition) is 1. The second-order valence-corrected chi connectivity index (χ2v) is 4.38. The summed E-state index contributed by atoms with van der Waals surface area (Å²) < 4.78 is 12.6. The first-order chi connectivity index (χ1) is 6.86. The van der Waals surface area contributed by atoms with Crippen molar-refractivity contribution in [1.82, 2.24) is 4.98 Å². The average molecular weight is 211 g/mol. The van der Waals surface area contributed by atoms with E-state index >= 15 is 0 Å². The van der Waals surface area contributed by atoms with E-state index < -0.39 is 12.6 Å². The second-order valence-electron chi connectivity index (χ2n) is 4.38. The van der Waals surface area contributed by atoms with Gasteiger partial charge in [-0.05, 0) is 12.1 Å². The topological polar surface area (TPSA) is 50.2 Å². The molecule has 0 radical (unpaired) electrons. The molecule has 0 fully saturated rings. The van der Waals surface area contributed by atoms with Gasteiger partial charge >= 0.3 is 5.97 Å². The van der Waals surface area contributed by atoms with Crippen LogP contribution in [0.1, 0.15) is 42.5 Å². The van der Waals surface area contributed by atoms with E-state index in [0.29, 0.717) is 5.69 Å². The zero-order chi connectivity index (χ0) is 11.6. The monoisotopic (exact) mass is 211 g/mol. The van der Waals surface area contributed by atoms with Crippen molar-refractivity contribution in [3.8, 4) is 0 Å². The number of carboxylic acid groups (broad SMARTS) is 1. The van der Waals surface area contributed by atoms with Crippen LogP contribution in [0.5, 0.6) is 0 Å². The molecule has 15 heavy (non-hydrogen) atoms. The number of aromatic nitrogens is 1. The summed E-state index contributed by atoms with van der Waals surface area (Å²) in [4.78, 5) is 14.8. The maximum Gasteiger partial charge on any atom is 0.337 e. The predicted octanol–water partition coefficient (Wildman–Crippen LogP) is 2.55. The Kier molecular flexibility index (Phi) is 3.07. The fourth-order valence-corrected chi connectivity index (χ4v) is 1.22. The van der Waals surface area contributed by atoms with Crippen molar-refractivity contribution < 1.29 is 14.3 Å². The number of hydrogen-bond acceptors (Lipinski definition) is 2. The Hall–Kier alpha value is -1.45. The Balaban J connectivity index is 3.25. The van der Waals surface area contributed by atoms with Crippen molar-refractivity contribution in [2.45, 2.75) is 32.9 Å². The third-order valence-corrected chi connectivity index (χ3v) is 2.10. The molecule has 0 amide bonds. The minimum absolute atomic E-state index is 0.00470. The van der Waals surface area contributed by atoms with E-state index in [1.807, 2.05) is 20.8 Å². The predicted molar refractivity (Wildman–Crippen MR) is 54.7 cm³/mol. The molecule has 0 spiro atoms. The van der Waals surface area contributed by atoms with Gasteiger partial charge in [0.25, 0.3) is 0 Å². The first-order valence-corrected chi connectivity index (χ1v) is 4.66. The number of pyridine rings is 1. The van der Waals surface area contributed by atoms with Crippen molar-refractivity contribution in [1.29, 1.82) is 0 Å². The van der Waals surface area contributed by atoms with Gasteiger partial charge in [-0.2, -0.15) is 0 Å². The fourth-order valence-electron chi connectivity index (χ4n) is 1.22. The summed E-state index contributed by atoms with van der Waals surface area (Å²) in [5, 5.41) is 8.78. The molecular formula is C11H14FNO2. The zero-order valence-corrected chi connectivity index (χ0v) is 9.04. The van der Waals surface area contributed by atoms with E-state index in [2.05, 4.69) is 4.98 Å². The fraction of sp³-hybridized carbons (Fsp3) is 0.455. The lowest BCUT2D eigenvalue weighted by Gasteiger charge is -2.18. The molecule has 0 saturated carbocycles. The lowest BCUT2D eigenvalue weighted by atomic mass is 9.91. The van der Waals surface area contributed by atoms with Gasteiger partial charge in [0.1, 0.15) is 6.67 Å².